The Morgan fingerprint density at radius 2 is 2.20 bits per heavy atom. The molecule has 1 atom stereocenters. The monoisotopic (exact) mass is 236 g/mol. The zero-order chi connectivity index (χ0) is 11.7. The highest BCUT2D eigenvalue weighted by atomic mass is 32.2. The Labute approximate surface area is 89.1 Å². The number of primary amides is 1. The fraction of sp³-hybridized carbons (Fsp3) is 0.875. The molecule has 0 aromatic heterocycles. The number of sulfonamides is 1. The quantitative estimate of drug-likeness (QED) is 0.620. The summed E-state index contributed by atoms with van der Waals surface area (Å²) in [6.07, 6.45) is 0.437. The minimum Gasteiger partial charge on any atom is -0.395 e. The van der Waals surface area contributed by atoms with Crippen LogP contribution in [0.25, 0.3) is 0 Å². The van der Waals surface area contributed by atoms with Crippen LogP contribution in [0, 0.1) is 5.41 Å². The van der Waals surface area contributed by atoms with Crippen molar-refractivity contribution in [1.29, 1.82) is 0 Å². The summed E-state index contributed by atoms with van der Waals surface area (Å²) in [7, 11) is -3.44. The third-order valence-corrected chi connectivity index (χ3v) is 4.57. The van der Waals surface area contributed by atoms with Gasteiger partial charge in [0.1, 0.15) is 0 Å². The first-order valence-electron chi connectivity index (χ1n) is 4.70. The lowest BCUT2D eigenvalue weighted by Gasteiger charge is -2.20. The molecule has 15 heavy (non-hydrogen) atoms. The van der Waals surface area contributed by atoms with Crippen molar-refractivity contribution in [2.24, 2.45) is 11.1 Å². The summed E-state index contributed by atoms with van der Waals surface area (Å²) in [4.78, 5) is 11.1. The molecular formula is C8H16N2O4S. The molecular weight excluding hydrogens is 220 g/mol. The average molecular weight is 236 g/mol. The van der Waals surface area contributed by atoms with E-state index >= 15 is 0 Å². The van der Waals surface area contributed by atoms with E-state index in [1.165, 1.54) is 4.31 Å². The molecule has 0 spiro atoms. The summed E-state index contributed by atoms with van der Waals surface area (Å²) in [6, 6.07) is 0. The van der Waals surface area contributed by atoms with Gasteiger partial charge in [-0.25, -0.2) is 12.7 Å². The van der Waals surface area contributed by atoms with Gasteiger partial charge in [-0.15, -0.1) is 0 Å². The minimum atomic E-state index is -3.44. The van der Waals surface area contributed by atoms with E-state index in [9.17, 15) is 13.2 Å². The normalized spacial score (nSPS) is 28.1. The minimum absolute atomic E-state index is 0.116. The summed E-state index contributed by atoms with van der Waals surface area (Å²) < 4.78 is 24.3. The van der Waals surface area contributed by atoms with Crippen LogP contribution in [-0.2, 0) is 14.8 Å². The lowest BCUT2D eigenvalue weighted by Crippen LogP contribution is -2.39. The lowest BCUT2D eigenvalue weighted by molar-refractivity contribution is -0.126. The van der Waals surface area contributed by atoms with Crippen molar-refractivity contribution in [3.63, 3.8) is 0 Å². The van der Waals surface area contributed by atoms with Gasteiger partial charge in [-0.2, -0.15) is 0 Å². The summed E-state index contributed by atoms with van der Waals surface area (Å²) in [5.74, 6) is -0.786. The number of rotatable bonds is 4. The number of nitrogens with zero attached hydrogens (tertiary/aromatic N) is 1. The van der Waals surface area contributed by atoms with E-state index in [2.05, 4.69) is 0 Å². The number of aliphatic hydroxyl groups is 1. The van der Waals surface area contributed by atoms with Crippen LogP contribution in [-0.4, -0.2) is 49.2 Å². The third-order valence-electron chi connectivity index (χ3n) is 2.78. The Morgan fingerprint density at radius 3 is 2.60 bits per heavy atom. The molecule has 0 aromatic carbocycles. The number of carbonyl (C=O) groups is 1. The molecule has 0 radical (unpaired) electrons. The zero-order valence-electron chi connectivity index (χ0n) is 8.64. The van der Waals surface area contributed by atoms with Crippen LogP contribution >= 0.6 is 0 Å². The van der Waals surface area contributed by atoms with Gasteiger partial charge in [-0.1, -0.05) is 0 Å². The topological polar surface area (TPSA) is 101 Å². The standard InChI is InChI=1S/C8H16N2O4S/c1-8(7(9)12)2-3-10(6-8)15(13,14)5-4-11/h11H,2-6H2,1H3,(H2,9,12). The molecule has 0 aliphatic carbocycles. The molecule has 1 heterocycles. The summed E-state index contributed by atoms with van der Waals surface area (Å²) in [5, 5.41) is 8.60. The highest BCUT2D eigenvalue weighted by Crippen LogP contribution is 2.31. The van der Waals surface area contributed by atoms with Gasteiger partial charge in [-0.05, 0) is 13.3 Å². The van der Waals surface area contributed by atoms with Crippen molar-refractivity contribution in [1.82, 2.24) is 4.31 Å². The molecule has 1 fully saturated rings. The number of nitrogens with two attached hydrogens (primary N) is 1. The van der Waals surface area contributed by atoms with E-state index in [-0.39, 0.29) is 12.3 Å². The van der Waals surface area contributed by atoms with Crippen LogP contribution in [0.1, 0.15) is 13.3 Å². The Kier molecular flexibility index (Phi) is 3.37. The molecule has 88 valence electrons. The maximum absolute atomic E-state index is 11.6. The van der Waals surface area contributed by atoms with Gasteiger partial charge in [0, 0.05) is 13.1 Å². The number of amides is 1. The van der Waals surface area contributed by atoms with Gasteiger partial charge < -0.3 is 10.8 Å². The van der Waals surface area contributed by atoms with Crippen LogP contribution in [0.4, 0.5) is 0 Å². The number of hydrogen-bond acceptors (Lipinski definition) is 4. The van der Waals surface area contributed by atoms with Crippen LogP contribution in [0.3, 0.4) is 0 Å². The van der Waals surface area contributed by atoms with Crippen LogP contribution in [0.5, 0.6) is 0 Å². The Hall–Kier alpha value is -0.660. The van der Waals surface area contributed by atoms with E-state index in [4.69, 9.17) is 10.8 Å². The summed E-state index contributed by atoms with van der Waals surface area (Å²) >= 11 is 0. The van der Waals surface area contributed by atoms with E-state index in [1.54, 1.807) is 6.92 Å². The van der Waals surface area contributed by atoms with Crippen LogP contribution in [0.15, 0.2) is 0 Å². The van der Waals surface area contributed by atoms with Crippen molar-refractivity contribution in [2.75, 3.05) is 25.4 Å². The molecule has 0 saturated carbocycles. The Morgan fingerprint density at radius 1 is 1.60 bits per heavy atom. The number of carbonyl (C=O) groups excluding carboxylic acids is 1. The van der Waals surface area contributed by atoms with Crippen molar-refractivity contribution < 1.29 is 18.3 Å². The fourth-order valence-electron chi connectivity index (χ4n) is 1.60. The predicted octanol–water partition coefficient (Wildman–Crippen LogP) is -1.49. The van der Waals surface area contributed by atoms with Crippen LogP contribution in [0.2, 0.25) is 0 Å². The zero-order valence-corrected chi connectivity index (χ0v) is 9.46. The van der Waals surface area contributed by atoms with E-state index in [0.29, 0.717) is 13.0 Å². The molecule has 3 N–H and O–H groups in total. The maximum Gasteiger partial charge on any atom is 0.224 e. The molecule has 1 amide bonds. The van der Waals surface area contributed by atoms with Crippen molar-refractivity contribution >= 4 is 15.9 Å². The van der Waals surface area contributed by atoms with Gasteiger partial charge in [0.2, 0.25) is 15.9 Å². The molecule has 1 saturated heterocycles. The van der Waals surface area contributed by atoms with Gasteiger partial charge in [-0.3, -0.25) is 4.79 Å². The van der Waals surface area contributed by atoms with Gasteiger partial charge >= 0.3 is 0 Å². The molecule has 1 aliphatic heterocycles. The third kappa shape index (κ3) is 2.47. The Bertz CT molecular complexity index is 354. The smallest absolute Gasteiger partial charge is 0.224 e. The second-order valence-electron chi connectivity index (χ2n) is 4.05. The highest BCUT2D eigenvalue weighted by Gasteiger charge is 2.42. The first-order valence-corrected chi connectivity index (χ1v) is 6.31. The van der Waals surface area contributed by atoms with Gasteiger partial charge in [0.15, 0.2) is 0 Å². The van der Waals surface area contributed by atoms with E-state index < -0.39 is 28.0 Å². The van der Waals surface area contributed by atoms with Crippen LogP contribution < -0.4 is 5.73 Å². The molecule has 1 unspecified atom stereocenters. The van der Waals surface area contributed by atoms with Gasteiger partial charge in [0.25, 0.3) is 0 Å². The molecule has 7 heteroatoms. The molecule has 6 nitrogen and oxygen atoms in total. The van der Waals surface area contributed by atoms with Crippen molar-refractivity contribution in [3.8, 4) is 0 Å². The van der Waals surface area contributed by atoms with E-state index in [1.807, 2.05) is 0 Å². The first-order chi connectivity index (χ1) is 6.82. The predicted molar refractivity (Wildman–Crippen MR) is 54.4 cm³/mol. The molecule has 0 aromatic rings. The lowest BCUT2D eigenvalue weighted by atomic mass is 9.89. The summed E-state index contributed by atoms with van der Waals surface area (Å²) in [6.45, 7) is 1.66. The molecule has 0 bridgehead atoms. The highest BCUT2D eigenvalue weighted by molar-refractivity contribution is 7.89. The molecule has 1 rings (SSSR count). The van der Waals surface area contributed by atoms with E-state index in [0.717, 1.165) is 0 Å². The number of hydrogen-bond donors (Lipinski definition) is 2. The van der Waals surface area contributed by atoms with Crippen molar-refractivity contribution in [2.45, 2.75) is 13.3 Å². The largest absolute Gasteiger partial charge is 0.395 e. The Balaban J connectivity index is 2.76. The molecule has 1 aliphatic rings. The average Bonchev–Trinajstić information content (AvgIpc) is 2.50. The first kappa shape index (κ1) is 12.4. The second-order valence-corrected chi connectivity index (χ2v) is 6.14. The van der Waals surface area contributed by atoms with Gasteiger partial charge in [0.05, 0.1) is 17.8 Å². The summed E-state index contributed by atoms with van der Waals surface area (Å²) in [5.41, 5.74) is 4.43. The van der Waals surface area contributed by atoms with Crippen molar-refractivity contribution in [3.05, 3.63) is 0 Å². The number of aliphatic hydroxyl groups excluding tert-OH is 1. The SMILES string of the molecule is CC1(C(N)=O)CCN(S(=O)(=O)CCO)C1. The maximum atomic E-state index is 11.6. The fourth-order valence-corrected chi connectivity index (χ4v) is 2.94. The second kappa shape index (κ2) is 4.07.